The summed E-state index contributed by atoms with van der Waals surface area (Å²) in [5.41, 5.74) is 7.34. The van der Waals surface area contributed by atoms with Gasteiger partial charge in [0.05, 0.1) is 23.3 Å². The number of aromatic nitrogens is 2. The zero-order chi connectivity index (χ0) is 29.6. The minimum Gasteiger partial charge on any atom is -0.488 e. The number of aryl methyl sites for hydroxylation is 3. The van der Waals surface area contributed by atoms with Crippen molar-refractivity contribution in [2.75, 3.05) is 10.7 Å². The van der Waals surface area contributed by atoms with Gasteiger partial charge in [-0.2, -0.15) is 10.2 Å². The molecule has 4 aromatic rings. The van der Waals surface area contributed by atoms with Crippen molar-refractivity contribution < 1.29 is 27.4 Å². The Kier molecular flexibility index (Phi) is 7.01. The normalized spacial score (nSPS) is 15.7. The first-order valence-electron chi connectivity index (χ1n) is 12.9. The number of rotatable bonds is 5. The van der Waals surface area contributed by atoms with Gasteiger partial charge in [0, 0.05) is 23.7 Å². The first-order chi connectivity index (χ1) is 20.1. The third-order valence-corrected chi connectivity index (χ3v) is 7.83. The number of thioether (sulfide) groups is 1. The lowest BCUT2D eigenvalue weighted by molar-refractivity contribution is -0.274. The van der Waals surface area contributed by atoms with Gasteiger partial charge < -0.3 is 9.47 Å². The van der Waals surface area contributed by atoms with E-state index in [1.165, 1.54) is 23.9 Å². The summed E-state index contributed by atoms with van der Waals surface area (Å²) in [6, 6.07) is 17.2. The number of hydrogen-bond donors (Lipinski definition) is 0. The first kappa shape index (κ1) is 27.6. The molecule has 0 unspecified atom stereocenters. The summed E-state index contributed by atoms with van der Waals surface area (Å²) in [6.45, 7) is 4.16. The standard InChI is InChI=1S/C30H24F3N5O3S/c1-17-5-4-6-18(2)27(17)38-25(39)16-42-29(38)35-34-14-19-7-12-22-24(13-19)40-15-23-26(22)36-37(3)28(23)20-8-10-21(11-9-20)41-30(31,32)33/h4-14H,15-16H2,1-3H3/b34-14-,35-29-. The Balaban J connectivity index is 1.24. The minimum absolute atomic E-state index is 0.0374. The van der Waals surface area contributed by atoms with Crippen LogP contribution in [0.15, 0.2) is 70.9 Å². The second kappa shape index (κ2) is 10.7. The van der Waals surface area contributed by atoms with Crippen LogP contribution in [0.4, 0.5) is 18.9 Å². The topological polar surface area (TPSA) is 81.3 Å². The molecule has 214 valence electrons. The van der Waals surface area contributed by atoms with Gasteiger partial charge in [-0.05, 0) is 66.9 Å². The lowest BCUT2D eigenvalue weighted by atomic mass is 9.98. The number of carbonyl (C=O) groups excluding carboxylic acids is 1. The Bertz CT molecular complexity index is 1740. The molecule has 42 heavy (non-hydrogen) atoms. The van der Waals surface area contributed by atoms with Crippen molar-refractivity contribution in [3.05, 3.63) is 82.9 Å². The highest BCUT2D eigenvalue weighted by molar-refractivity contribution is 8.15. The predicted octanol–water partition coefficient (Wildman–Crippen LogP) is 6.63. The van der Waals surface area contributed by atoms with Crippen LogP contribution in [0.5, 0.6) is 11.5 Å². The number of para-hydroxylation sites is 1. The molecule has 2 aliphatic heterocycles. The molecule has 12 heteroatoms. The molecule has 0 aliphatic carbocycles. The quantitative estimate of drug-likeness (QED) is 0.192. The van der Waals surface area contributed by atoms with Crippen LogP contribution in [-0.4, -0.2) is 39.2 Å². The molecule has 6 rings (SSSR count). The Hall–Kier alpha value is -4.58. The number of ether oxygens (including phenoxy) is 2. The SMILES string of the molecule is Cc1cccc(C)c1N1C(=O)CS/C1=N\N=C/c1ccc2c(c1)OCc1c-2nn(C)c1-c1ccc(OC(F)(F)F)cc1. The van der Waals surface area contributed by atoms with Crippen molar-refractivity contribution in [3.8, 4) is 34.0 Å². The number of anilines is 1. The maximum atomic E-state index is 12.7. The summed E-state index contributed by atoms with van der Waals surface area (Å²) in [7, 11) is 1.78. The smallest absolute Gasteiger partial charge is 0.488 e. The molecule has 0 atom stereocenters. The average molecular weight is 592 g/mol. The molecule has 0 spiro atoms. The lowest BCUT2D eigenvalue weighted by Crippen LogP contribution is -2.30. The van der Waals surface area contributed by atoms with E-state index < -0.39 is 6.36 Å². The number of fused-ring (bicyclic) bond motifs is 3. The van der Waals surface area contributed by atoms with Gasteiger partial charge in [-0.25, -0.2) is 0 Å². The van der Waals surface area contributed by atoms with Gasteiger partial charge in [0.2, 0.25) is 5.91 Å². The van der Waals surface area contributed by atoms with Gasteiger partial charge in [-0.3, -0.25) is 14.4 Å². The molecule has 0 bridgehead atoms. The van der Waals surface area contributed by atoms with E-state index in [4.69, 9.17) is 4.74 Å². The molecular formula is C30H24F3N5O3S. The molecule has 3 heterocycles. The van der Waals surface area contributed by atoms with Gasteiger partial charge in [0.25, 0.3) is 0 Å². The Labute approximate surface area is 243 Å². The zero-order valence-corrected chi connectivity index (χ0v) is 23.6. The van der Waals surface area contributed by atoms with Crippen LogP contribution in [0.1, 0.15) is 22.3 Å². The highest BCUT2D eigenvalue weighted by Gasteiger charge is 2.33. The molecule has 8 nitrogen and oxygen atoms in total. The summed E-state index contributed by atoms with van der Waals surface area (Å²) < 4.78 is 49.4. The maximum absolute atomic E-state index is 12.7. The first-order valence-corrected chi connectivity index (χ1v) is 13.9. The largest absolute Gasteiger partial charge is 0.573 e. The van der Waals surface area contributed by atoms with Gasteiger partial charge in [0.1, 0.15) is 23.8 Å². The Morgan fingerprint density at radius 1 is 1.07 bits per heavy atom. The number of benzene rings is 3. The molecule has 1 aromatic heterocycles. The van der Waals surface area contributed by atoms with Gasteiger partial charge in [-0.15, -0.1) is 18.3 Å². The fourth-order valence-corrected chi connectivity index (χ4v) is 5.95. The molecule has 1 fully saturated rings. The van der Waals surface area contributed by atoms with Gasteiger partial charge in [0.15, 0.2) is 5.17 Å². The zero-order valence-electron chi connectivity index (χ0n) is 22.8. The third-order valence-electron chi connectivity index (χ3n) is 6.92. The number of hydrogen-bond acceptors (Lipinski definition) is 7. The van der Waals surface area contributed by atoms with Crippen LogP contribution in [-0.2, 0) is 18.4 Å². The molecule has 1 saturated heterocycles. The monoisotopic (exact) mass is 591 g/mol. The van der Waals surface area contributed by atoms with Crippen molar-refractivity contribution in [1.29, 1.82) is 0 Å². The van der Waals surface area contributed by atoms with E-state index in [1.807, 2.05) is 50.2 Å². The van der Waals surface area contributed by atoms with E-state index in [0.29, 0.717) is 22.2 Å². The van der Waals surface area contributed by atoms with Crippen LogP contribution < -0.4 is 14.4 Å². The average Bonchev–Trinajstić information content (AvgIpc) is 3.47. The molecule has 3 aromatic carbocycles. The van der Waals surface area contributed by atoms with Crippen molar-refractivity contribution in [2.24, 2.45) is 17.3 Å². The summed E-state index contributed by atoms with van der Waals surface area (Å²) in [5.74, 6) is 0.596. The second-order valence-electron chi connectivity index (χ2n) is 9.80. The molecule has 0 radical (unpaired) electrons. The highest BCUT2D eigenvalue weighted by Crippen LogP contribution is 2.41. The number of carbonyl (C=O) groups is 1. The van der Waals surface area contributed by atoms with Crippen LogP contribution >= 0.6 is 11.8 Å². The summed E-state index contributed by atoms with van der Waals surface area (Å²) in [6.07, 6.45) is -3.15. The molecule has 0 N–H and O–H groups in total. The Morgan fingerprint density at radius 2 is 1.81 bits per heavy atom. The van der Waals surface area contributed by atoms with E-state index in [1.54, 1.807) is 35.0 Å². The molecule has 0 saturated carbocycles. The van der Waals surface area contributed by atoms with E-state index in [9.17, 15) is 18.0 Å². The van der Waals surface area contributed by atoms with Gasteiger partial charge in [-0.1, -0.05) is 36.0 Å². The van der Waals surface area contributed by atoms with E-state index in [2.05, 4.69) is 20.0 Å². The lowest BCUT2D eigenvalue weighted by Gasteiger charge is -2.20. The number of halogens is 3. The van der Waals surface area contributed by atoms with Crippen molar-refractivity contribution in [3.63, 3.8) is 0 Å². The molecule has 2 aliphatic rings. The van der Waals surface area contributed by atoms with Gasteiger partial charge >= 0.3 is 6.36 Å². The van der Waals surface area contributed by atoms with Crippen LogP contribution in [0.2, 0.25) is 0 Å². The minimum atomic E-state index is -4.75. The maximum Gasteiger partial charge on any atom is 0.573 e. The fraction of sp³-hybridized carbons (Fsp3) is 0.200. The van der Waals surface area contributed by atoms with E-state index in [0.717, 1.165) is 44.9 Å². The van der Waals surface area contributed by atoms with Crippen LogP contribution in [0.3, 0.4) is 0 Å². The van der Waals surface area contributed by atoms with Crippen molar-refractivity contribution in [2.45, 2.75) is 26.8 Å². The predicted molar refractivity (Wildman–Crippen MR) is 156 cm³/mol. The number of alkyl halides is 3. The van der Waals surface area contributed by atoms with E-state index in [-0.39, 0.29) is 18.3 Å². The van der Waals surface area contributed by atoms with Crippen molar-refractivity contribution in [1.82, 2.24) is 9.78 Å². The highest BCUT2D eigenvalue weighted by atomic mass is 32.2. The Morgan fingerprint density at radius 3 is 2.52 bits per heavy atom. The second-order valence-corrected chi connectivity index (χ2v) is 10.7. The van der Waals surface area contributed by atoms with E-state index >= 15 is 0 Å². The third kappa shape index (κ3) is 5.25. The van der Waals surface area contributed by atoms with Crippen LogP contribution in [0.25, 0.3) is 22.5 Å². The summed E-state index contributed by atoms with van der Waals surface area (Å²) >= 11 is 1.35. The molecular weight excluding hydrogens is 567 g/mol. The van der Waals surface area contributed by atoms with Crippen molar-refractivity contribution >= 4 is 34.7 Å². The number of amidine groups is 1. The number of amides is 1. The van der Waals surface area contributed by atoms with Crippen LogP contribution in [0, 0.1) is 13.8 Å². The fourth-order valence-electron chi connectivity index (χ4n) is 5.14. The summed E-state index contributed by atoms with van der Waals surface area (Å²) in [5, 5.41) is 13.8. The number of nitrogens with zero attached hydrogens (tertiary/aromatic N) is 5. The molecule has 1 amide bonds. The summed E-state index contributed by atoms with van der Waals surface area (Å²) in [4.78, 5) is 14.3.